The van der Waals surface area contributed by atoms with Gasteiger partial charge in [0.25, 0.3) is 5.22 Å². The molecule has 0 aliphatic carbocycles. The molecule has 4 rings (SSSR count). The summed E-state index contributed by atoms with van der Waals surface area (Å²) in [5, 5.41) is 8.72. The van der Waals surface area contributed by atoms with Crippen molar-refractivity contribution in [2.45, 2.75) is 11.0 Å². The number of benzene rings is 2. The lowest BCUT2D eigenvalue weighted by atomic mass is 10.2. The Balaban J connectivity index is 1.49. The van der Waals surface area contributed by atoms with Crippen molar-refractivity contribution in [2.75, 3.05) is 6.79 Å². The Kier molecular flexibility index (Phi) is 3.44. The van der Waals surface area contributed by atoms with Crippen LogP contribution in [0.4, 0.5) is 0 Å². The maximum Gasteiger partial charge on any atom is 0.277 e. The third-order valence-corrected chi connectivity index (χ3v) is 4.12. The van der Waals surface area contributed by atoms with Crippen LogP contribution in [-0.4, -0.2) is 17.0 Å². The van der Waals surface area contributed by atoms with Crippen molar-refractivity contribution < 1.29 is 13.9 Å². The van der Waals surface area contributed by atoms with Crippen molar-refractivity contribution in [3.63, 3.8) is 0 Å². The number of fused-ring (bicyclic) bond motifs is 1. The van der Waals surface area contributed by atoms with Gasteiger partial charge in [-0.25, -0.2) is 0 Å². The number of nitrogens with zero attached hydrogens (tertiary/aromatic N) is 2. The van der Waals surface area contributed by atoms with Crippen LogP contribution in [0.5, 0.6) is 11.5 Å². The Hall–Kier alpha value is -2.47. The molecule has 0 atom stereocenters. The Morgan fingerprint density at radius 2 is 1.82 bits per heavy atom. The normalized spacial score (nSPS) is 12.5. The summed E-state index contributed by atoms with van der Waals surface area (Å²) in [6, 6.07) is 15.7. The zero-order chi connectivity index (χ0) is 14.8. The average molecular weight is 312 g/mol. The van der Waals surface area contributed by atoms with Gasteiger partial charge in [0.1, 0.15) is 0 Å². The van der Waals surface area contributed by atoms with Crippen LogP contribution in [0.3, 0.4) is 0 Å². The largest absolute Gasteiger partial charge is 0.454 e. The monoisotopic (exact) mass is 312 g/mol. The summed E-state index contributed by atoms with van der Waals surface area (Å²) in [7, 11) is 0. The van der Waals surface area contributed by atoms with Gasteiger partial charge >= 0.3 is 0 Å². The molecule has 0 saturated heterocycles. The molecule has 5 nitrogen and oxygen atoms in total. The maximum atomic E-state index is 5.70. The van der Waals surface area contributed by atoms with Crippen molar-refractivity contribution in [2.24, 2.45) is 0 Å². The van der Waals surface area contributed by atoms with Crippen LogP contribution in [0.15, 0.2) is 58.2 Å². The maximum absolute atomic E-state index is 5.70. The van der Waals surface area contributed by atoms with Gasteiger partial charge in [-0.15, -0.1) is 10.2 Å². The summed E-state index contributed by atoms with van der Waals surface area (Å²) < 4.78 is 16.3. The topological polar surface area (TPSA) is 57.4 Å². The summed E-state index contributed by atoms with van der Waals surface area (Å²) in [5.41, 5.74) is 2.04. The average Bonchev–Trinajstić information content (AvgIpc) is 3.22. The van der Waals surface area contributed by atoms with Crippen LogP contribution < -0.4 is 9.47 Å². The van der Waals surface area contributed by atoms with E-state index in [0.717, 1.165) is 17.1 Å². The standard InChI is InChI=1S/C16H12N2O3S/c1-2-4-11(5-3-1)9-22-16-18-17-15(21-16)12-6-7-13-14(8-12)20-10-19-13/h1-8H,9-10H2. The highest BCUT2D eigenvalue weighted by Crippen LogP contribution is 2.36. The number of hydrogen-bond acceptors (Lipinski definition) is 6. The molecule has 0 amide bonds. The molecule has 3 aromatic rings. The summed E-state index contributed by atoms with van der Waals surface area (Å²) >= 11 is 1.52. The van der Waals surface area contributed by atoms with Gasteiger partial charge < -0.3 is 13.9 Å². The van der Waals surface area contributed by atoms with Gasteiger partial charge in [-0.3, -0.25) is 0 Å². The van der Waals surface area contributed by atoms with Crippen LogP contribution >= 0.6 is 11.8 Å². The molecule has 1 aliphatic rings. The van der Waals surface area contributed by atoms with E-state index in [2.05, 4.69) is 22.3 Å². The van der Waals surface area contributed by atoms with Crippen molar-refractivity contribution in [3.8, 4) is 23.0 Å². The molecule has 0 N–H and O–H groups in total. The molecule has 0 radical (unpaired) electrons. The van der Waals surface area contributed by atoms with E-state index in [4.69, 9.17) is 13.9 Å². The molecular formula is C16H12N2O3S. The number of thioether (sulfide) groups is 1. The van der Waals surface area contributed by atoms with E-state index in [1.54, 1.807) is 0 Å². The number of ether oxygens (including phenoxy) is 2. The Morgan fingerprint density at radius 1 is 0.955 bits per heavy atom. The minimum atomic E-state index is 0.251. The fourth-order valence-electron chi connectivity index (χ4n) is 2.13. The number of hydrogen-bond donors (Lipinski definition) is 0. The van der Waals surface area contributed by atoms with Crippen LogP contribution in [0.1, 0.15) is 5.56 Å². The molecule has 2 aromatic carbocycles. The SMILES string of the molecule is c1ccc(CSc2nnc(-c3ccc4c(c3)OCO4)o2)cc1. The molecule has 1 aliphatic heterocycles. The predicted octanol–water partition coefficient (Wildman–Crippen LogP) is 3.76. The van der Waals surface area contributed by atoms with Crippen LogP contribution in [-0.2, 0) is 5.75 Å². The van der Waals surface area contributed by atoms with Crippen LogP contribution in [0, 0.1) is 0 Å². The second kappa shape index (κ2) is 5.73. The zero-order valence-electron chi connectivity index (χ0n) is 11.6. The van der Waals surface area contributed by atoms with Crippen molar-refractivity contribution in [1.82, 2.24) is 10.2 Å². The van der Waals surface area contributed by atoms with E-state index in [1.165, 1.54) is 17.3 Å². The predicted molar refractivity (Wildman–Crippen MR) is 81.9 cm³/mol. The summed E-state index contributed by atoms with van der Waals surface area (Å²) in [6.45, 7) is 0.251. The lowest BCUT2D eigenvalue weighted by molar-refractivity contribution is 0.174. The first-order valence-electron chi connectivity index (χ1n) is 6.79. The third kappa shape index (κ3) is 2.65. The molecule has 6 heteroatoms. The molecule has 0 fully saturated rings. The molecule has 110 valence electrons. The molecule has 1 aromatic heterocycles. The zero-order valence-corrected chi connectivity index (χ0v) is 12.4. The molecule has 0 saturated carbocycles. The Labute approximate surface area is 131 Å². The van der Waals surface area contributed by atoms with Gasteiger partial charge in [0.2, 0.25) is 12.7 Å². The number of rotatable bonds is 4. The lowest BCUT2D eigenvalue weighted by Crippen LogP contribution is -1.92. The third-order valence-electron chi connectivity index (χ3n) is 3.23. The van der Waals surface area contributed by atoms with Gasteiger partial charge in [0.15, 0.2) is 11.5 Å². The van der Waals surface area contributed by atoms with Gasteiger partial charge in [-0.2, -0.15) is 0 Å². The second-order valence-electron chi connectivity index (χ2n) is 4.72. The smallest absolute Gasteiger partial charge is 0.277 e. The van der Waals surface area contributed by atoms with E-state index < -0.39 is 0 Å². The van der Waals surface area contributed by atoms with Crippen molar-refractivity contribution >= 4 is 11.8 Å². The van der Waals surface area contributed by atoms with Gasteiger partial charge in [0.05, 0.1) is 0 Å². The molecule has 2 heterocycles. The highest BCUT2D eigenvalue weighted by atomic mass is 32.2. The fourth-order valence-corrected chi connectivity index (χ4v) is 2.85. The summed E-state index contributed by atoms with van der Waals surface area (Å²) in [5.74, 6) is 2.72. The van der Waals surface area contributed by atoms with E-state index in [9.17, 15) is 0 Å². The lowest BCUT2D eigenvalue weighted by Gasteiger charge is -1.98. The highest BCUT2D eigenvalue weighted by molar-refractivity contribution is 7.98. The first kappa shape index (κ1) is 13.2. The number of aromatic nitrogens is 2. The minimum absolute atomic E-state index is 0.251. The highest BCUT2D eigenvalue weighted by Gasteiger charge is 2.16. The van der Waals surface area contributed by atoms with Crippen LogP contribution in [0.2, 0.25) is 0 Å². The van der Waals surface area contributed by atoms with E-state index in [-0.39, 0.29) is 6.79 Å². The quantitative estimate of drug-likeness (QED) is 0.684. The molecule has 22 heavy (non-hydrogen) atoms. The van der Waals surface area contributed by atoms with E-state index in [1.807, 2.05) is 36.4 Å². The van der Waals surface area contributed by atoms with Crippen LogP contribution in [0.25, 0.3) is 11.5 Å². The molecule has 0 unspecified atom stereocenters. The second-order valence-corrected chi connectivity index (χ2v) is 5.64. The van der Waals surface area contributed by atoms with Crippen molar-refractivity contribution in [1.29, 1.82) is 0 Å². The summed E-state index contributed by atoms with van der Waals surface area (Å²) in [6.07, 6.45) is 0. The van der Waals surface area contributed by atoms with Gasteiger partial charge in [-0.1, -0.05) is 42.1 Å². The first-order valence-corrected chi connectivity index (χ1v) is 7.77. The van der Waals surface area contributed by atoms with E-state index >= 15 is 0 Å². The minimum Gasteiger partial charge on any atom is -0.454 e. The molecule has 0 spiro atoms. The molecule has 0 bridgehead atoms. The summed E-state index contributed by atoms with van der Waals surface area (Å²) in [4.78, 5) is 0. The molecular weight excluding hydrogens is 300 g/mol. The van der Waals surface area contributed by atoms with Gasteiger partial charge in [0, 0.05) is 11.3 Å². The first-order chi connectivity index (χ1) is 10.9. The fraction of sp³-hybridized carbons (Fsp3) is 0.125. The Morgan fingerprint density at radius 3 is 2.73 bits per heavy atom. The van der Waals surface area contributed by atoms with Gasteiger partial charge in [-0.05, 0) is 23.8 Å². The Bertz CT molecular complexity index is 789. The van der Waals surface area contributed by atoms with E-state index in [0.29, 0.717) is 16.9 Å². The van der Waals surface area contributed by atoms with Crippen molar-refractivity contribution in [3.05, 3.63) is 54.1 Å².